The second kappa shape index (κ2) is 11.7. The Kier molecular flexibility index (Phi) is 7.93. The molecular formula is C31H27FN2O5S. The van der Waals surface area contributed by atoms with E-state index in [1.54, 1.807) is 55.9 Å². The average molecular weight is 559 g/mol. The Balaban J connectivity index is 1.53. The fourth-order valence-electron chi connectivity index (χ4n) is 4.49. The van der Waals surface area contributed by atoms with Crippen molar-refractivity contribution < 1.29 is 23.4 Å². The third-order valence-electron chi connectivity index (χ3n) is 6.42. The molecule has 1 aliphatic rings. The SMILES string of the molecule is CCOC(=O)C1=C(C)N=c2s/c(=C/c3cccc(OCc4ccc(F)cc4)c3)c(=O)n2[C@@H]1c1ccc(OC)cc1. The monoisotopic (exact) mass is 558 g/mol. The number of halogens is 1. The second-order valence-electron chi connectivity index (χ2n) is 9.06. The van der Waals surface area contributed by atoms with Gasteiger partial charge >= 0.3 is 5.97 Å². The maximum atomic E-state index is 13.8. The molecule has 0 aliphatic carbocycles. The Bertz CT molecular complexity index is 1760. The lowest BCUT2D eigenvalue weighted by Gasteiger charge is -2.24. The van der Waals surface area contributed by atoms with Crippen LogP contribution in [-0.4, -0.2) is 24.3 Å². The number of aromatic nitrogens is 1. The number of allylic oxidation sites excluding steroid dienone is 1. The van der Waals surface area contributed by atoms with Crippen molar-refractivity contribution in [1.29, 1.82) is 0 Å². The van der Waals surface area contributed by atoms with Crippen molar-refractivity contribution in [3.8, 4) is 11.5 Å². The Morgan fingerprint density at radius 3 is 2.52 bits per heavy atom. The predicted octanol–water partition coefficient (Wildman–Crippen LogP) is 4.53. The van der Waals surface area contributed by atoms with Gasteiger partial charge in [0.1, 0.15) is 23.9 Å². The molecule has 0 N–H and O–H groups in total. The minimum Gasteiger partial charge on any atom is -0.497 e. The van der Waals surface area contributed by atoms with E-state index < -0.39 is 12.0 Å². The summed E-state index contributed by atoms with van der Waals surface area (Å²) in [5, 5.41) is 0. The number of hydrogen-bond donors (Lipinski definition) is 0. The van der Waals surface area contributed by atoms with Gasteiger partial charge < -0.3 is 14.2 Å². The van der Waals surface area contributed by atoms with Crippen molar-refractivity contribution in [2.45, 2.75) is 26.5 Å². The van der Waals surface area contributed by atoms with Gasteiger partial charge in [0.2, 0.25) is 0 Å². The van der Waals surface area contributed by atoms with Crippen LogP contribution in [0.4, 0.5) is 4.39 Å². The molecule has 1 atom stereocenters. The van der Waals surface area contributed by atoms with Gasteiger partial charge in [0.05, 0.1) is 35.6 Å². The van der Waals surface area contributed by atoms with Gasteiger partial charge in [0.15, 0.2) is 4.80 Å². The molecular weight excluding hydrogens is 531 g/mol. The zero-order valence-corrected chi connectivity index (χ0v) is 23.0. The van der Waals surface area contributed by atoms with E-state index in [0.717, 1.165) is 16.7 Å². The summed E-state index contributed by atoms with van der Waals surface area (Å²) >= 11 is 1.25. The minimum absolute atomic E-state index is 0.203. The summed E-state index contributed by atoms with van der Waals surface area (Å²) in [7, 11) is 1.58. The zero-order chi connectivity index (χ0) is 28.2. The number of benzene rings is 3. The van der Waals surface area contributed by atoms with E-state index in [2.05, 4.69) is 4.99 Å². The molecule has 0 fully saturated rings. The van der Waals surface area contributed by atoms with Gasteiger partial charge in [-0.05, 0) is 73.0 Å². The summed E-state index contributed by atoms with van der Waals surface area (Å²) in [6.45, 7) is 3.98. The molecule has 0 saturated heterocycles. The minimum atomic E-state index is -0.700. The van der Waals surface area contributed by atoms with E-state index in [-0.39, 0.29) is 24.6 Å². The van der Waals surface area contributed by atoms with Crippen molar-refractivity contribution in [2.75, 3.05) is 13.7 Å². The molecule has 7 nitrogen and oxygen atoms in total. The summed E-state index contributed by atoms with van der Waals surface area (Å²) in [5.74, 6) is 0.467. The first-order valence-corrected chi connectivity index (χ1v) is 13.5. The van der Waals surface area contributed by atoms with Gasteiger partial charge in [-0.25, -0.2) is 14.2 Å². The standard InChI is InChI=1S/C31H27FN2O5S/c1-4-38-30(36)27-19(2)33-31-34(28(27)22-10-14-24(37-3)15-11-22)29(35)26(40-31)17-21-6-5-7-25(16-21)39-18-20-8-12-23(32)13-9-20/h5-17,28H,4,18H2,1-3H3/b26-17+/t28-/m1/s1. The lowest BCUT2D eigenvalue weighted by molar-refractivity contribution is -0.139. The Morgan fingerprint density at radius 1 is 1.07 bits per heavy atom. The van der Waals surface area contributed by atoms with E-state index in [1.807, 2.05) is 36.4 Å². The first-order valence-electron chi connectivity index (χ1n) is 12.7. The highest BCUT2D eigenvalue weighted by Crippen LogP contribution is 2.31. The highest BCUT2D eigenvalue weighted by molar-refractivity contribution is 7.07. The summed E-state index contributed by atoms with van der Waals surface area (Å²) < 4.78 is 31.7. The third-order valence-corrected chi connectivity index (χ3v) is 7.41. The largest absolute Gasteiger partial charge is 0.497 e. The van der Waals surface area contributed by atoms with Crippen LogP contribution in [0.15, 0.2) is 93.9 Å². The number of fused-ring (bicyclic) bond motifs is 1. The Hall–Kier alpha value is -4.50. The number of rotatable bonds is 8. The van der Waals surface area contributed by atoms with Crippen molar-refractivity contribution >= 4 is 23.4 Å². The second-order valence-corrected chi connectivity index (χ2v) is 10.1. The summed E-state index contributed by atoms with van der Waals surface area (Å²) in [6.07, 6.45) is 1.78. The number of esters is 1. The van der Waals surface area contributed by atoms with Crippen LogP contribution in [0.5, 0.6) is 11.5 Å². The number of thiazole rings is 1. The lowest BCUT2D eigenvalue weighted by atomic mass is 9.96. The van der Waals surface area contributed by atoms with Crippen LogP contribution >= 0.6 is 11.3 Å². The molecule has 0 saturated carbocycles. The lowest BCUT2D eigenvalue weighted by Crippen LogP contribution is -2.39. The molecule has 1 aromatic heterocycles. The average Bonchev–Trinajstić information content (AvgIpc) is 3.26. The molecule has 5 rings (SSSR count). The molecule has 2 heterocycles. The van der Waals surface area contributed by atoms with Crippen LogP contribution in [0, 0.1) is 5.82 Å². The quantitative estimate of drug-likeness (QED) is 0.297. The number of carbonyl (C=O) groups excluding carboxylic acids is 1. The smallest absolute Gasteiger partial charge is 0.338 e. The zero-order valence-electron chi connectivity index (χ0n) is 22.2. The van der Waals surface area contributed by atoms with Crippen LogP contribution in [-0.2, 0) is 16.1 Å². The van der Waals surface area contributed by atoms with Crippen molar-refractivity contribution in [1.82, 2.24) is 4.57 Å². The molecule has 0 unspecified atom stereocenters. The van der Waals surface area contributed by atoms with Gasteiger partial charge in [-0.15, -0.1) is 0 Å². The van der Waals surface area contributed by atoms with E-state index in [4.69, 9.17) is 14.2 Å². The van der Waals surface area contributed by atoms with Crippen LogP contribution in [0.2, 0.25) is 0 Å². The number of hydrogen-bond acceptors (Lipinski definition) is 7. The molecule has 40 heavy (non-hydrogen) atoms. The maximum absolute atomic E-state index is 13.8. The Labute approximate surface area is 234 Å². The number of ether oxygens (including phenoxy) is 3. The van der Waals surface area contributed by atoms with Crippen LogP contribution in [0.25, 0.3) is 6.08 Å². The molecule has 0 spiro atoms. The highest BCUT2D eigenvalue weighted by atomic mass is 32.1. The Morgan fingerprint density at radius 2 is 1.82 bits per heavy atom. The van der Waals surface area contributed by atoms with Gasteiger partial charge in [-0.3, -0.25) is 9.36 Å². The fourth-order valence-corrected chi connectivity index (χ4v) is 5.53. The fraction of sp³-hybridized carbons (Fsp3) is 0.194. The molecule has 0 amide bonds. The van der Waals surface area contributed by atoms with Crippen molar-refractivity contribution in [3.63, 3.8) is 0 Å². The van der Waals surface area contributed by atoms with Crippen LogP contribution < -0.4 is 24.4 Å². The van der Waals surface area contributed by atoms with E-state index in [9.17, 15) is 14.0 Å². The maximum Gasteiger partial charge on any atom is 0.338 e. The summed E-state index contributed by atoms with van der Waals surface area (Å²) in [5.41, 5.74) is 2.90. The van der Waals surface area contributed by atoms with Gasteiger partial charge in [-0.2, -0.15) is 0 Å². The molecule has 9 heteroatoms. The molecule has 0 bridgehead atoms. The van der Waals surface area contributed by atoms with E-state index in [0.29, 0.717) is 32.1 Å². The number of nitrogens with zero attached hydrogens (tertiary/aromatic N) is 2. The van der Waals surface area contributed by atoms with Gasteiger partial charge in [0.25, 0.3) is 5.56 Å². The molecule has 4 aromatic rings. The molecule has 1 aliphatic heterocycles. The highest BCUT2D eigenvalue weighted by Gasteiger charge is 2.33. The molecule has 204 valence electrons. The van der Waals surface area contributed by atoms with Crippen LogP contribution in [0.1, 0.15) is 36.6 Å². The molecule has 0 radical (unpaired) electrons. The third kappa shape index (κ3) is 5.60. The first-order chi connectivity index (χ1) is 19.4. The van der Waals surface area contributed by atoms with Gasteiger partial charge in [-0.1, -0.05) is 47.7 Å². The number of carbonyl (C=O) groups is 1. The van der Waals surface area contributed by atoms with Crippen LogP contribution in [0.3, 0.4) is 0 Å². The van der Waals surface area contributed by atoms with E-state index in [1.165, 1.54) is 23.5 Å². The topological polar surface area (TPSA) is 79.1 Å². The van der Waals surface area contributed by atoms with E-state index >= 15 is 0 Å². The first kappa shape index (κ1) is 27.1. The molecule has 3 aromatic carbocycles. The van der Waals surface area contributed by atoms with Crippen molar-refractivity contribution in [2.24, 2.45) is 4.99 Å². The summed E-state index contributed by atoms with van der Waals surface area (Å²) in [6, 6.07) is 20.0. The summed E-state index contributed by atoms with van der Waals surface area (Å²) in [4.78, 5) is 31.9. The predicted molar refractivity (Wildman–Crippen MR) is 151 cm³/mol. The normalized spacial score (nSPS) is 14.9. The number of methoxy groups -OCH3 is 1. The van der Waals surface area contributed by atoms with Crippen molar-refractivity contribution in [3.05, 3.63) is 126 Å². The van der Waals surface area contributed by atoms with Gasteiger partial charge in [0, 0.05) is 0 Å².